The summed E-state index contributed by atoms with van der Waals surface area (Å²) >= 11 is 0. The average molecular weight is 238 g/mol. The van der Waals surface area contributed by atoms with Gasteiger partial charge in [-0.05, 0) is 31.5 Å². The third kappa shape index (κ3) is 4.24. The van der Waals surface area contributed by atoms with Crippen LogP contribution in [0, 0.1) is 6.92 Å². The summed E-state index contributed by atoms with van der Waals surface area (Å²) in [5.41, 5.74) is 7.76. The fourth-order valence-corrected chi connectivity index (χ4v) is 1.54. The van der Waals surface area contributed by atoms with E-state index in [-0.39, 0.29) is 0 Å². The second kappa shape index (κ2) is 5.89. The van der Waals surface area contributed by atoms with Crippen molar-refractivity contribution in [2.75, 3.05) is 31.3 Å². The standard InChI is InChI=1S/C13H22N2O2/c1-10-11(14)5-4-6-12(10)15-9-13(2,16)7-8-17-3/h4-6,15-16H,7-9,14H2,1-3H3. The van der Waals surface area contributed by atoms with E-state index in [1.165, 1.54) is 0 Å². The van der Waals surface area contributed by atoms with Crippen LogP contribution in [0.25, 0.3) is 0 Å². The van der Waals surface area contributed by atoms with Gasteiger partial charge in [-0.1, -0.05) is 6.07 Å². The first kappa shape index (κ1) is 13.8. The second-order valence-electron chi connectivity index (χ2n) is 4.61. The van der Waals surface area contributed by atoms with E-state index in [1.54, 1.807) is 14.0 Å². The minimum atomic E-state index is -0.785. The molecule has 4 heteroatoms. The highest BCUT2D eigenvalue weighted by atomic mass is 16.5. The molecule has 0 spiro atoms. The van der Waals surface area contributed by atoms with Gasteiger partial charge in [-0.3, -0.25) is 0 Å². The maximum Gasteiger partial charge on any atom is 0.0813 e. The third-order valence-electron chi connectivity index (χ3n) is 2.88. The highest BCUT2D eigenvalue weighted by molar-refractivity contribution is 5.62. The van der Waals surface area contributed by atoms with Crippen LogP contribution in [0.15, 0.2) is 18.2 Å². The first-order valence-electron chi connectivity index (χ1n) is 5.76. The molecule has 4 N–H and O–H groups in total. The maximum atomic E-state index is 10.1. The molecule has 1 unspecified atom stereocenters. The molecule has 0 heterocycles. The monoisotopic (exact) mass is 238 g/mol. The minimum absolute atomic E-state index is 0.473. The molecule has 0 aliphatic carbocycles. The van der Waals surface area contributed by atoms with Crippen LogP contribution < -0.4 is 11.1 Å². The number of nitrogens with two attached hydrogens (primary N) is 1. The van der Waals surface area contributed by atoms with Crippen molar-refractivity contribution in [3.8, 4) is 0 Å². The van der Waals surface area contributed by atoms with Crippen molar-refractivity contribution in [2.45, 2.75) is 25.9 Å². The number of nitrogen functional groups attached to an aromatic ring is 1. The van der Waals surface area contributed by atoms with E-state index < -0.39 is 5.60 Å². The first-order valence-corrected chi connectivity index (χ1v) is 5.76. The lowest BCUT2D eigenvalue weighted by Crippen LogP contribution is -2.34. The molecule has 0 saturated carbocycles. The van der Waals surface area contributed by atoms with E-state index in [0.717, 1.165) is 16.9 Å². The van der Waals surface area contributed by atoms with Crippen LogP contribution in [-0.4, -0.2) is 31.0 Å². The van der Waals surface area contributed by atoms with E-state index in [0.29, 0.717) is 19.6 Å². The van der Waals surface area contributed by atoms with E-state index >= 15 is 0 Å². The van der Waals surface area contributed by atoms with Gasteiger partial charge >= 0.3 is 0 Å². The number of anilines is 2. The Morgan fingerprint density at radius 2 is 2.18 bits per heavy atom. The number of rotatable bonds is 6. The summed E-state index contributed by atoms with van der Waals surface area (Å²) < 4.78 is 4.96. The van der Waals surface area contributed by atoms with Gasteiger partial charge in [0.05, 0.1) is 5.60 Å². The largest absolute Gasteiger partial charge is 0.398 e. The Balaban J connectivity index is 2.58. The van der Waals surface area contributed by atoms with Gasteiger partial charge in [0.1, 0.15) is 0 Å². The zero-order chi connectivity index (χ0) is 12.9. The van der Waals surface area contributed by atoms with Crippen molar-refractivity contribution in [1.29, 1.82) is 0 Å². The fourth-order valence-electron chi connectivity index (χ4n) is 1.54. The van der Waals surface area contributed by atoms with Crippen molar-refractivity contribution in [3.05, 3.63) is 23.8 Å². The molecule has 0 aliphatic heterocycles. The fraction of sp³-hybridized carbons (Fsp3) is 0.538. The molecule has 0 saturated heterocycles. The SMILES string of the molecule is COCCC(C)(O)CNc1cccc(N)c1C. The van der Waals surface area contributed by atoms with Crippen LogP contribution in [0.1, 0.15) is 18.9 Å². The van der Waals surface area contributed by atoms with E-state index in [1.807, 2.05) is 25.1 Å². The van der Waals surface area contributed by atoms with Crippen LogP contribution in [0.4, 0.5) is 11.4 Å². The van der Waals surface area contributed by atoms with Gasteiger partial charge in [-0.15, -0.1) is 0 Å². The van der Waals surface area contributed by atoms with E-state index in [9.17, 15) is 5.11 Å². The summed E-state index contributed by atoms with van der Waals surface area (Å²) in [7, 11) is 1.63. The Bertz CT molecular complexity index is 364. The van der Waals surface area contributed by atoms with Gasteiger partial charge in [0.25, 0.3) is 0 Å². The maximum absolute atomic E-state index is 10.1. The smallest absolute Gasteiger partial charge is 0.0813 e. The Morgan fingerprint density at radius 1 is 1.47 bits per heavy atom. The predicted octanol–water partition coefficient (Wildman–Crippen LogP) is 1.78. The Hall–Kier alpha value is -1.26. The molecule has 0 amide bonds. The van der Waals surface area contributed by atoms with Gasteiger partial charge in [0.15, 0.2) is 0 Å². The lowest BCUT2D eigenvalue weighted by atomic mass is 10.0. The molecule has 1 aromatic rings. The Kier molecular flexibility index (Phi) is 4.78. The predicted molar refractivity (Wildman–Crippen MR) is 71.2 cm³/mol. The van der Waals surface area contributed by atoms with Gasteiger partial charge < -0.3 is 20.9 Å². The number of nitrogens with one attached hydrogen (secondary N) is 1. The van der Waals surface area contributed by atoms with Crippen LogP contribution in [0.2, 0.25) is 0 Å². The highest BCUT2D eigenvalue weighted by Crippen LogP contribution is 2.21. The van der Waals surface area contributed by atoms with Gasteiger partial charge in [0.2, 0.25) is 0 Å². The molecular formula is C13H22N2O2. The molecular weight excluding hydrogens is 216 g/mol. The number of aliphatic hydroxyl groups is 1. The topological polar surface area (TPSA) is 67.5 Å². The van der Waals surface area contributed by atoms with Crippen LogP contribution >= 0.6 is 0 Å². The molecule has 4 nitrogen and oxygen atoms in total. The molecule has 1 atom stereocenters. The Labute approximate surface area is 103 Å². The van der Waals surface area contributed by atoms with Crippen LogP contribution in [0.3, 0.4) is 0 Å². The van der Waals surface area contributed by atoms with Crippen molar-refractivity contribution in [1.82, 2.24) is 0 Å². The molecule has 0 fully saturated rings. The molecule has 1 rings (SSSR count). The molecule has 0 aromatic heterocycles. The molecule has 0 bridgehead atoms. The van der Waals surface area contributed by atoms with Gasteiger partial charge in [-0.2, -0.15) is 0 Å². The van der Waals surface area contributed by atoms with Crippen molar-refractivity contribution < 1.29 is 9.84 Å². The van der Waals surface area contributed by atoms with Crippen molar-refractivity contribution in [2.24, 2.45) is 0 Å². The lowest BCUT2D eigenvalue weighted by Gasteiger charge is -2.24. The third-order valence-corrected chi connectivity index (χ3v) is 2.88. The number of hydrogen-bond donors (Lipinski definition) is 3. The minimum Gasteiger partial charge on any atom is -0.398 e. The number of hydrogen-bond acceptors (Lipinski definition) is 4. The van der Waals surface area contributed by atoms with Crippen molar-refractivity contribution in [3.63, 3.8) is 0 Å². The summed E-state index contributed by atoms with van der Waals surface area (Å²) in [4.78, 5) is 0. The molecule has 96 valence electrons. The summed E-state index contributed by atoms with van der Waals surface area (Å²) in [6, 6.07) is 5.72. The quantitative estimate of drug-likeness (QED) is 0.661. The van der Waals surface area contributed by atoms with Gasteiger partial charge in [0, 0.05) is 38.1 Å². The first-order chi connectivity index (χ1) is 7.96. The van der Waals surface area contributed by atoms with Crippen LogP contribution in [-0.2, 0) is 4.74 Å². The normalized spacial score (nSPS) is 14.4. The summed E-state index contributed by atoms with van der Waals surface area (Å²) in [6.45, 7) is 4.77. The van der Waals surface area contributed by atoms with Crippen molar-refractivity contribution >= 4 is 11.4 Å². The number of methoxy groups -OCH3 is 1. The molecule has 0 radical (unpaired) electrons. The van der Waals surface area contributed by atoms with Crippen LogP contribution in [0.5, 0.6) is 0 Å². The molecule has 17 heavy (non-hydrogen) atoms. The molecule has 1 aromatic carbocycles. The summed E-state index contributed by atoms with van der Waals surface area (Å²) in [5, 5.41) is 13.3. The van der Waals surface area contributed by atoms with E-state index in [4.69, 9.17) is 10.5 Å². The highest BCUT2D eigenvalue weighted by Gasteiger charge is 2.19. The zero-order valence-corrected chi connectivity index (χ0v) is 10.8. The van der Waals surface area contributed by atoms with Gasteiger partial charge in [-0.25, -0.2) is 0 Å². The zero-order valence-electron chi connectivity index (χ0n) is 10.8. The second-order valence-corrected chi connectivity index (χ2v) is 4.61. The summed E-state index contributed by atoms with van der Waals surface area (Å²) in [5.74, 6) is 0. The number of benzene rings is 1. The number of ether oxygens (including phenoxy) is 1. The lowest BCUT2D eigenvalue weighted by molar-refractivity contribution is 0.0357. The average Bonchev–Trinajstić information content (AvgIpc) is 2.29. The summed E-state index contributed by atoms with van der Waals surface area (Å²) in [6.07, 6.45) is 0.595. The van der Waals surface area contributed by atoms with E-state index in [2.05, 4.69) is 5.32 Å². The molecule has 0 aliphatic rings. The Morgan fingerprint density at radius 3 is 2.82 bits per heavy atom.